The molecule has 0 unspecified atom stereocenters. The summed E-state index contributed by atoms with van der Waals surface area (Å²) in [4.78, 5) is 0. The SMILES string of the molecule is O=S(=O)(O)O.O=S(=O)(O)OO.[Cu].[NaH]. The van der Waals surface area contributed by atoms with E-state index in [-0.39, 0.29) is 46.6 Å². The van der Waals surface area contributed by atoms with Gasteiger partial charge in [0.1, 0.15) is 0 Å². The van der Waals surface area contributed by atoms with Crippen molar-refractivity contribution in [1.29, 1.82) is 0 Å². The van der Waals surface area contributed by atoms with Gasteiger partial charge in [0.05, 0.1) is 0 Å². The van der Waals surface area contributed by atoms with Crippen LogP contribution in [0.2, 0.25) is 0 Å². The van der Waals surface area contributed by atoms with E-state index in [0.29, 0.717) is 0 Å². The summed E-state index contributed by atoms with van der Waals surface area (Å²) in [5.41, 5.74) is 0. The Bertz CT molecular complexity index is 265. The van der Waals surface area contributed by atoms with Crippen molar-refractivity contribution in [2.24, 2.45) is 0 Å². The van der Waals surface area contributed by atoms with Crippen LogP contribution in [-0.4, -0.2) is 65.3 Å². The molecule has 0 aromatic rings. The molecule has 0 aromatic carbocycles. The molecule has 0 aliphatic carbocycles. The van der Waals surface area contributed by atoms with Crippen LogP contribution in [0.15, 0.2) is 0 Å². The summed E-state index contributed by atoms with van der Waals surface area (Å²) in [7, 11) is -9.27. The second-order valence-corrected chi connectivity index (χ2v) is 2.85. The van der Waals surface area contributed by atoms with Gasteiger partial charge in [-0.3, -0.25) is 13.7 Å². The monoisotopic (exact) mass is 299 g/mol. The first-order valence-corrected chi connectivity index (χ1v) is 4.33. The molecule has 0 aliphatic rings. The number of rotatable bonds is 1. The van der Waals surface area contributed by atoms with Crippen LogP contribution in [0.5, 0.6) is 0 Å². The topological polar surface area (TPSA) is 158 Å². The molecule has 0 amide bonds. The third-order valence-electron chi connectivity index (χ3n) is 0.0942. The van der Waals surface area contributed by atoms with Gasteiger partial charge in [0.25, 0.3) is 0 Å². The van der Waals surface area contributed by atoms with Crippen LogP contribution in [0, 0.1) is 0 Å². The fraction of sp³-hybridized carbons (Fsp3) is 0. The van der Waals surface area contributed by atoms with Crippen molar-refractivity contribution in [1.82, 2.24) is 0 Å². The van der Waals surface area contributed by atoms with Gasteiger partial charge in [0.2, 0.25) is 0 Å². The fourth-order valence-corrected chi connectivity index (χ4v) is 0. The molecule has 83 valence electrons. The first-order valence-electron chi connectivity index (χ1n) is 1.56. The molecule has 0 heterocycles. The van der Waals surface area contributed by atoms with Crippen molar-refractivity contribution < 1.29 is 57.2 Å². The molecule has 0 saturated carbocycles. The summed E-state index contributed by atoms with van der Waals surface area (Å²) < 4.78 is 59.5. The molecular formula is H5CuNaO9S2. The van der Waals surface area contributed by atoms with E-state index in [1.165, 1.54) is 0 Å². The maximum atomic E-state index is 9.08. The summed E-state index contributed by atoms with van der Waals surface area (Å²) in [6.07, 6.45) is 0. The first kappa shape index (κ1) is 23.8. The molecule has 0 spiro atoms. The molecule has 0 fully saturated rings. The van der Waals surface area contributed by atoms with E-state index in [4.69, 9.17) is 35.8 Å². The number of hydrogen-bond donors (Lipinski definition) is 4. The van der Waals surface area contributed by atoms with Gasteiger partial charge in [-0.2, -0.15) is 16.8 Å². The Labute approximate surface area is 107 Å². The van der Waals surface area contributed by atoms with Crippen LogP contribution in [-0.2, 0) is 42.2 Å². The standard InChI is InChI=1S/Cu.Na.H2O5S.H2O4S.H/c;;1-5-6(2,3)4;1-5(2,3)4;/h;;1H,(H,2,3,4);(H2,1,2,3,4);. The predicted molar refractivity (Wildman–Crippen MR) is 36.6 cm³/mol. The summed E-state index contributed by atoms with van der Waals surface area (Å²) in [6.45, 7) is 0. The minimum absolute atomic E-state index is 0. The Balaban J connectivity index is -0.0000000546. The van der Waals surface area contributed by atoms with E-state index >= 15 is 0 Å². The zero-order chi connectivity index (χ0) is 9.71. The average Bonchev–Trinajstić information content (AvgIpc) is 1.59. The number of hydrogen-bond acceptors (Lipinski definition) is 6. The third-order valence-corrected chi connectivity index (χ3v) is 0.283. The van der Waals surface area contributed by atoms with E-state index in [1.54, 1.807) is 0 Å². The second kappa shape index (κ2) is 9.76. The molecule has 13 heteroatoms. The molecule has 0 aliphatic heterocycles. The second-order valence-electron chi connectivity index (χ2n) is 0.950. The molecule has 0 atom stereocenters. The Morgan fingerprint density at radius 2 is 1.00 bits per heavy atom. The maximum absolute atomic E-state index is 9.08. The Hall–Kier alpha value is 1.22. The molecular weight excluding hydrogens is 295 g/mol. The molecule has 0 rings (SSSR count). The quantitative estimate of drug-likeness (QED) is 0.185. The van der Waals surface area contributed by atoms with Gasteiger partial charge in [-0.05, 0) is 0 Å². The molecule has 13 heavy (non-hydrogen) atoms. The summed E-state index contributed by atoms with van der Waals surface area (Å²) in [6, 6.07) is 0. The van der Waals surface area contributed by atoms with Crippen molar-refractivity contribution in [3.8, 4) is 0 Å². The van der Waals surface area contributed by atoms with Crippen molar-refractivity contribution in [2.75, 3.05) is 0 Å². The van der Waals surface area contributed by atoms with Gasteiger partial charge in [0.15, 0.2) is 0 Å². The van der Waals surface area contributed by atoms with Crippen molar-refractivity contribution in [2.45, 2.75) is 0 Å². The normalized spacial score (nSPS) is 9.85. The van der Waals surface area contributed by atoms with Gasteiger partial charge in [-0.1, -0.05) is 4.33 Å². The molecule has 0 aromatic heterocycles. The van der Waals surface area contributed by atoms with Crippen LogP contribution >= 0.6 is 0 Å². The van der Waals surface area contributed by atoms with Gasteiger partial charge in [-0.25, -0.2) is 5.26 Å². The van der Waals surface area contributed by atoms with E-state index < -0.39 is 20.8 Å². The van der Waals surface area contributed by atoms with E-state index in [9.17, 15) is 0 Å². The Morgan fingerprint density at radius 3 is 1.00 bits per heavy atom. The molecule has 4 N–H and O–H groups in total. The van der Waals surface area contributed by atoms with Crippen molar-refractivity contribution in [3.63, 3.8) is 0 Å². The molecule has 1 radical (unpaired) electrons. The fourth-order valence-electron chi connectivity index (χ4n) is 0. The third kappa shape index (κ3) is 93.5. The van der Waals surface area contributed by atoms with Gasteiger partial charge in [0, 0.05) is 17.1 Å². The van der Waals surface area contributed by atoms with Gasteiger partial charge < -0.3 is 0 Å². The van der Waals surface area contributed by atoms with E-state index in [0.717, 1.165) is 0 Å². The Kier molecular flexibility index (Phi) is 17.9. The summed E-state index contributed by atoms with van der Waals surface area (Å²) >= 11 is 0. The van der Waals surface area contributed by atoms with Crippen LogP contribution < -0.4 is 0 Å². The van der Waals surface area contributed by atoms with E-state index in [1.807, 2.05) is 0 Å². The molecule has 0 bridgehead atoms. The zero-order valence-electron chi connectivity index (χ0n) is 4.95. The minimum atomic E-state index is -4.67. The molecule has 9 nitrogen and oxygen atoms in total. The zero-order valence-corrected chi connectivity index (χ0v) is 7.52. The first-order chi connectivity index (χ1) is 4.56. The summed E-state index contributed by atoms with van der Waals surface area (Å²) in [5.74, 6) is 0. The van der Waals surface area contributed by atoms with Crippen molar-refractivity contribution in [3.05, 3.63) is 0 Å². The van der Waals surface area contributed by atoms with Crippen molar-refractivity contribution >= 4 is 50.4 Å². The molecule has 0 saturated heterocycles. The van der Waals surface area contributed by atoms with Crippen LogP contribution in [0.1, 0.15) is 0 Å². The van der Waals surface area contributed by atoms with Crippen LogP contribution in [0.3, 0.4) is 0 Å². The van der Waals surface area contributed by atoms with Crippen LogP contribution in [0.25, 0.3) is 0 Å². The van der Waals surface area contributed by atoms with Gasteiger partial charge >= 0.3 is 50.4 Å². The van der Waals surface area contributed by atoms with Gasteiger partial charge in [-0.15, -0.1) is 0 Å². The van der Waals surface area contributed by atoms with Crippen LogP contribution in [0.4, 0.5) is 0 Å². The average molecular weight is 300 g/mol. The summed E-state index contributed by atoms with van der Waals surface area (Å²) in [5, 5.41) is 7.06. The van der Waals surface area contributed by atoms with E-state index in [2.05, 4.69) is 4.33 Å². The predicted octanol–water partition coefficient (Wildman–Crippen LogP) is -2.02. The Morgan fingerprint density at radius 1 is 0.923 bits per heavy atom.